The van der Waals surface area contributed by atoms with Crippen molar-refractivity contribution in [2.24, 2.45) is 0 Å². The Morgan fingerprint density at radius 1 is 1.45 bits per heavy atom. The van der Waals surface area contributed by atoms with Crippen molar-refractivity contribution in [3.8, 4) is 0 Å². The van der Waals surface area contributed by atoms with Crippen LogP contribution >= 0.6 is 0 Å². The molecule has 1 fully saturated rings. The molecule has 1 aliphatic heterocycles. The fraction of sp³-hybridized carbons (Fsp3) is 0.462. The summed E-state index contributed by atoms with van der Waals surface area (Å²) in [5, 5.41) is 21.8. The van der Waals surface area contributed by atoms with E-state index in [0.29, 0.717) is 26.1 Å². The number of anilines is 2. The molecule has 6 nitrogen and oxygen atoms in total. The first-order valence-electron chi connectivity index (χ1n) is 6.27. The Balaban J connectivity index is 2.37. The third-order valence-corrected chi connectivity index (χ3v) is 3.56. The summed E-state index contributed by atoms with van der Waals surface area (Å²) < 4.78 is 18.6. The molecule has 1 aliphatic rings. The van der Waals surface area contributed by atoms with Crippen molar-refractivity contribution in [1.29, 1.82) is 0 Å². The molecule has 2 rings (SSSR count). The summed E-state index contributed by atoms with van der Waals surface area (Å²) in [7, 11) is 0. The number of nitrogen functional groups attached to an aromatic ring is 1. The van der Waals surface area contributed by atoms with Gasteiger partial charge in [0.05, 0.1) is 23.5 Å². The third kappa shape index (κ3) is 2.68. The SMILES string of the molecule is Nc1c(F)ccc(NC2(CO)CCOCC2)c1C(=O)O. The zero-order chi connectivity index (χ0) is 14.8. The fourth-order valence-electron chi connectivity index (χ4n) is 2.30. The van der Waals surface area contributed by atoms with Gasteiger partial charge in [-0.1, -0.05) is 0 Å². The minimum absolute atomic E-state index is 0.174. The van der Waals surface area contributed by atoms with Gasteiger partial charge < -0.3 is 26.0 Å². The molecule has 1 aromatic rings. The minimum atomic E-state index is -1.32. The highest BCUT2D eigenvalue weighted by molar-refractivity contribution is 6.00. The average Bonchev–Trinajstić information content (AvgIpc) is 2.44. The summed E-state index contributed by atoms with van der Waals surface area (Å²) in [4.78, 5) is 11.3. The van der Waals surface area contributed by atoms with Crippen molar-refractivity contribution >= 4 is 17.3 Å². The van der Waals surface area contributed by atoms with E-state index in [9.17, 15) is 19.4 Å². The van der Waals surface area contributed by atoms with Crippen LogP contribution in [0.25, 0.3) is 0 Å². The fourth-order valence-corrected chi connectivity index (χ4v) is 2.30. The van der Waals surface area contributed by atoms with Crippen LogP contribution in [0.1, 0.15) is 23.2 Å². The normalized spacial score (nSPS) is 17.7. The molecule has 7 heteroatoms. The number of carboxylic acid groups (broad SMARTS) is 1. The molecule has 20 heavy (non-hydrogen) atoms. The van der Waals surface area contributed by atoms with Crippen LogP contribution < -0.4 is 11.1 Å². The van der Waals surface area contributed by atoms with Gasteiger partial charge in [-0.15, -0.1) is 0 Å². The van der Waals surface area contributed by atoms with E-state index in [1.165, 1.54) is 6.07 Å². The van der Waals surface area contributed by atoms with Crippen molar-refractivity contribution in [2.45, 2.75) is 18.4 Å². The third-order valence-electron chi connectivity index (χ3n) is 3.56. The van der Waals surface area contributed by atoms with Gasteiger partial charge in [-0.3, -0.25) is 0 Å². The molecule has 0 amide bonds. The second kappa shape index (κ2) is 5.64. The van der Waals surface area contributed by atoms with E-state index >= 15 is 0 Å². The second-order valence-corrected chi connectivity index (χ2v) is 4.86. The molecule has 1 aromatic carbocycles. The van der Waals surface area contributed by atoms with Crippen molar-refractivity contribution in [3.05, 3.63) is 23.5 Å². The molecule has 0 aromatic heterocycles. The molecule has 0 radical (unpaired) electrons. The molecule has 0 saturated carbocycles. The maximum atomic E-state index is 13.4. The number of hydrogen-bond acceptors (Lipinski definition) is 5. The predicted molar refractivity (Wildman–Crippen MR) is 71.3 cm³/mol. The number of rotatable bonds is 4. The Labute approximate surface area is 115 Å². The lowest BCUT2D eigenvalue weighted by Crippen LogP contribution is -2.47. The Hall–Kier alpha value is -1.86. The van der Waals surface area contributed by atoms with Crippen molar-refractivity contribution in [3.63, 3.8) is 0 Å². The summed E-state index contributed by atoms with van der Waals surface area (Å²) in [5.74, 6) is -2.09. The standard InChI is InChI=1S/C13H17FN2O4/c14-8-1-2-9(10(11(8)15)12(18)19)16-13(7-17)3-5-20-6-4-13/h1-2,16-17H,3-7,15H2,(H,18,19). The van der Waals surface area contributed by atoms with E-state index < -0.39 is 23.0 Å². The smallest absolute Gasteiger partial charge is 0.340 e. The predicted octanol–water partition coefficient (Wildman–Crippen LogP) is 1.06. The molecule has 110 valence electrons. The van der Waals surface area contributed by atoms with Crippen molar-refractivity contribution in [1.82, 2.24) is 0 Å². The van der Waals surface area contributed by atoms with Gasteiger partial charge in [-0.05, 0) is 25.0 Å². The van der Waals surface area contributed by atoms with Crippen LogP contribution in [-0.2, 0) is 4.74 Å². The number of aliphatic hydroxyl groups excluding tert-OH is 1. The summed E-state index contributed by atoms with van der Waals surface area (Å²) in [6.07, 6.45) is 1.06. The molecule has 0 aliphatic carbocycles. The van der Waals surface area contributed by atoms with Crippen LogP contribution in [-0.4, -0.2) is 41.5 Å². The molecular formula is C13H17FN2O4. The Kier molecular flexibility index (Phi) is 4.10. The zero-order valence-corrected chi connectivity index (χ0v) is 10.9. The largest absolute Gasteiger partial charge is 0.478 e. The van der Waals surface area contributed by atoms with Crippen LogP contribution in [0.2, 0.25) is 0 Å². The molecule has 0 bridgehead atoms. The summed E-state index contributed by atoms with van der Waals surface area (Å²) in [6.45, 7) is 0.756. The van der Waals surface area contributed by atoms with E-state index in [0.717, 1.165) is 6.07 Å². The summed E-state index contributed by atoms with van der Waals surface area (Å²) in [5.41, 5.74) is 4.29. The number of aromatic carboxylic acids is 1. The quantitative estimate of drug-likeness (QED) is 0.616. The lowest BCUT2D eigenvalue weighted by molar-refractivity contribution is 0.0379. The van der Waals surface area contributed by atoms with Crippen LogP contribution in [0.3, 0.4) is 0 Å². The van der Waals surface area contributed by atoms with Gasteiger partial charge in [0.25, 0.3) is 0 Å². The summed E-state index contributed by atoms with van der Waals surface area (Å²) in [6, 6.07) is 2.43. The number of nitrogens with two attached hydrogens (primary N) is 1. The molecular weight excluding hydrogens is 267 g/mol. The first-order valence-corrected chi connectivity index (χ1v) is 6.27. The van der Waals surface area contributed by atoms with E-state index in [-0.39, 0.29) is 17.9 Å². The molecule has 1 heterocycles. The number of nitrogens with one attached hydrogen (secondary N) is 1. The summed E-state index contributed by atoms with van der Waals surface area (Å²) >= 11 is 0. The van der Waals surface area contributed by atoms with E-state index in [4.69, 9.17) is 10.5 Å². The Morgan fingerprint density at radius 2 is 2.10 bits per heavy atom. The monoisotopic (exact) mass is 284 g/mol. The number of benzene rings is 1. The second-order valence-electron chi connectivity index (χ2n) is 4.86. The Bertz CT molecular complexity index is 515. The van der Waals surface area contributed by atoms with E-state index in [1.54, 1.807) is 0 Å². The maximum absolute atomic E-state index is 13.4. The van der Waals surface area contributed by atoms with Crippen LogP contribution in [0.5, 0.6) is 0 Å². The number of carboxylic acids is 1. The first-order chi connectivity index (χ1) is 9.49. The molecule has 0 spiro atoms. The van der Waals surface area contributed by atoms with Crippen molar-refractivity contribution in [2.75, 3.05) is 30.9 Å². The maximum Gasteiger partial charge on any atom is 0.340 e. The molecule has 5 N–H and O–H groups in total. The average molecular weight is 284 g/mol. The Morgan fingerprint density at radius 3 is 2.65 bits per heavy atom. The lowest BCUT2D eigenvalue weighted by atomic mass is 9.90. The highest BCUT2D eigenvalue weighted by Gasteiger charge is 2.33. The van der Waals surface area contributed by atoms with Gasteiger partial charge >= 0.3 is 5.97 Å². The van der Waals surface area contributed by atoms with Gasteiger partial charge in [0.15, 0.2) is 0 Å². The van der Waals surface area contributed by atoms with Crippen LogP contribution in [0.4, 0.5) is 15.8 Å². The van der Waals surface area contributed by atoms with Crippen molar-refractivity contribution < 1.29 is 24.1 Å². The van der Waals surface area contributed by atoms with Gasteiger partial charge in [0, 0.05) is 13.2 Å². The van der Waals surface area contributed by atoms with E-state index in [1.807, 2.05) is 0 Å². The topological polar surface area (TPSA) is 105 Å². The van der Waals surface area contributed by atoms with Crippen LogP contribution in [0, 0.1) is 5.82 Å². The van der Waals surface area contributed by atoms with Gasteiger partial charge in [0.1, 0.15) is 11.4 Å². The number of halogens is 1. The molecule has 0 atom stereocenters. The van der Waals surface area contributed by atoms with Gasteiger partial charge in [-0.2, -0.15) is 0 Å². The highest BCUT2D eigenvalue weighted by Crippen LogP contribution is 2.31. The number of ether oxygens (including phenoxy) is 1. The zero-order valence-electron chi connectivity index (χ0n) is 10.9. The van der Waals surface area contributed by atoms with Gasteiger partial charge in [-0.25, -0.2) is 9.18 Å². The number of hydrogen-bond donors (Lipinski definition) is 4. The molecule has 0 unspecified atom stereocenters. The van der Waals surface area contributed by atoms with E-state index in [2.05, 4.69) is 5.32 Å². The number of aliphatic hydroxyl groups is 1. The lowest BCUT2D eigenvalue weighted by Gasteiger charge is -2.37. The molecule has 1 saturated heterocycles. The number of carbonyl (C=O) groups is 1. The highest BCUT2D eigenvalue weighted by atomic mass is 19.1. The van der Waals surface area contributed by atoms with Gasteiger partial charge in [0.2, 0.25) is 0 Å². The first kappa shape index (κ1) is 14.5. The van der Waals surface area contributed by atoms with Crippen LogP contribution in [0.15, 0.2) is 12.1 Å². The minimum Gasteiger partial charge on any atom is -0.478 e.